The highest BCUT2D eigenvalue weighted by atomic mass is 16.5. The van der Waals surface area contributed by atoms with Crippen molar-refractivity contribution in [3.63, 3.8) is 0 Å². The summed E-state index contributed by atoms with van der Waals surface area (Å²) < 4.78 is 10.6. The summed E-state index contributed by atoms with van der Waals surface area (Å²) in [6.07, 6.45) is 8.42. The minimum Gasteiger partial charge on any atom is -0.496 e. The van der Waals surface area contributed by atoms with Gasteiger partial charge in [0.2, 0.25) is 0 Å². The third-order valence-electron chi connectivity index (χ3n) is 5.39. The van der Waals surface area contributed by atoms with Gasteiger partial charge in [-0.25, -0.2) is 0 Å². The van der Waals surface area contributed by atoms with Gasteiger partial charge < -0.3 is 14.6 Å². The lowest BCUT2D eigenvalue weighted by atomic mass is 10.1. The third kappa shape index (κ3) is 5.83. The molecule has 0 aromatic heterocycles. The molecule has 0 bridgehead atoms. The van der Waals surface area contributed by atoms with Crippen LogP contribution in [-0.2, 0) is 19.4 Å². The second-order valence-corrected chi connectivity index (χ2v) is 7.79. The summed E-state index contributed by atoms with van der Waals surface area (Å²) in [5.74, 6) is 3.47. The van der Waals surface area contributed by atoms with E-state index < -0.39 is 0 Å². The Morgan fingerprint density at radius 1 is 0.893 bits per heavy atom. The van der Waals surface area contributed by atoms with Gasteiger partial charge in [-0.1, -0.05) is 24.3 Å². The van der Waals surface area contributed by atoms with E-state index in [0.717, 1.165) is 48.0 Å². The van der Waals surface area contributed by atoms with Gasteiger partial charge in [-0.05, 0) is 79.2 Å². The second kappa shape index (κ2) is 9.74. The Bertz CT molecular complexity index is 791. The fourth-order valence-corrected chi connectivity index (χ4v) is 3.33. The molecule has 4 rings (SSSR count). The highest BCUT2D eigenvalue weighted by Crippen LogP contribution is 2.36. The molecule has 0 radical (unpaired) electrons. The summed E-state index contributed by atoms with van der Waals surface area (Å²) in [6, 6.07) is 11.6. The number of carbonyl (C=O) groups is 1. The molecule has 28 heavy (non-hydrogen) atoms. The highest BCUT2D eigenvalue weighted by Gasteiger charge is 2.23. The van der Waals surface area contributed by atoms with Crippen LogP contribution in [0.3, 0.4) is 0 Å². The van der Waals surface area contributed by atoms with Crippen LogP contribution in [0.2, 0.25) is 0 Å². The molecular formula is C24H30O4. The summed E-state index contributed by atoms with van der Waals surface area (Å²) in [5, 5.41) is 8.99. The Kier molecular flexibility index (Phi) is 7.10. The van der Waals surface area contributed by atoms with E-state index in [1.54, 1.807) is 14.2 Å². The highest BCUT2D eigenvalue weighted by molar-refractivity contribution is 5.75. The van der Waals surface area contributed by atoms with Crippen molar-refractivity contribution in [2.45, 2.75) is 45.1 Å². The number of hydrogen-bond donors (Lipinski definition) is 1. The van der Waals surface area contributed by atoms with E-state index in [2.05, 4.69) is 6.07 Å². The Hall–Kier alpha value is -2.33. The SMILES string of the molecule is COc1cc(C=O)ccc1CC1CC1.COc1cc(CO)ccc1CC1CC1. The molecule has 2 aliphatic carbocycles. The monoisotopic (exact) mass is 382 g/mol. The Morgan fingerprint density at radius 2 is 1.43 bits per heavy atom. The van der Waals surface area contributed by atoms with Gasteiger partial charge >= 0.3 is 0 Å². The van der Waals surface area contributed by atoms with E-state index >= 15 is 0 Å². The van der Waals surface area contributed by atoms with Crippen molar-refractivity contribution in [1.29, 1.82) is 0 Å². The molecule has 2 aromatic carbocycles. The molecule has 2 saturated carbocycles. The van der Waals surface area contributed by atoms with E-state index in [9.17, 15) is 4.79 Å². The van der Waals surface area contributed by atoms with Gasteiger partial charge in [0, 0.05) is 5.56 Å². The number of methoxy groups -OCH3 is 2. The van der Waals surface area contributed by atoms with Crippen LogP contribution in [0.5, 0.6) is 11.5 Å². The van der Waals surface area contributed by atoms with Crippen molar-refractivity contribution in [3.05, 3.63) is 58.7 Å². The average Bonchev–Trinajstić information content (AvgIpc) is 3.66. The molecule has 2 aliphatic rings. The first-order valence-corrected chi connectivity index (χ1v) is 10.1. The zero-order chi connectivity index (χ0) is 19.9. The van der Waals surface area contributed by atoms with Gasteiger partial charge in [0.05, 0.1) is 20.8 Å². The average molecular weight is 383 g/mol. The van der Waals surface area contributed by atoms with Crippen molar-refractivity contribution >= 4 is 6.29 Å². The van der Waals surface area contributed by atoms with Crippen LogP contribution in [0.4, 0.5) is 0 Å². The lowest BCUT2D eigenvalue weighted by Gasteiger charge is -2.09. The fourth-order valence-electron chi connectivity index (χ4n) is 3.33. The van der Waals surface area contributed by atoms with E-state index in [1.165, 1.54) is 36.8 Å². The summed E-state index contributed by atoms with van der Waals surface area (Å²) in [7, 11) is 3.34. The van der Waals surface area contributed by atoms with Crippen LogP contribution in [-0.4, -0.2) is 25.6 Å². The predicted molar refractivity (Wildman–Crippen MR) is 110 cm³/mol. The van der Waals surface area contributed by atoms with Crippen LogP contribution in [0.1, 0.15) is 52.7 Å². The quantitative estimate of drug-likeness (QED) is 0.678. The molecule has 0 spiro atoms. The molecule has 0 unspecified atom stereocenters. The molecule has 1 N–H and O–H groups in total. The van der Waals surface area contributed by atoms with E-state index in [1.807, 2.05) is 30.3 Å². The number of rotatable bonds is 8. The van der Waals surface area contributed by atoms with E-state index in [4.69, 9.17) is 14.6 Å². The van der Waals surface area contributed by atoms with Gasteiger partial charge in [-0.15, -0.1) is 0 Å². The molecule has 4 heteroatoms. The zero-order valence-corrected chi connectivity index (χ0v) is 16.8. The first-order chi connectivity index (χ1) is 13.7. The first-order valence-electron chi connectivity index (χ1n) is 10.1. The zero-order valence-electron chi connectivity index (χ0n) is 16.8. The molecule has 0 heterocycles. The summed E-state index contributed by atoms with van der Waals surface area (Å²) in [6.45, 7) is 0.0834. The lowest BCUT2D eigenvalue weighted by molar-refractivity contribution is 0.112. The molecule has 2 aromatic rings. The lowest BCUT2D eigenvalue weighted by Crippen LogP contribution is -1.95. The number of carbonyl (C=O) groups excluding carboxylic acids is 1. The van der Waals surface area contributed by atoms with Crippen LogP contribution in [0.15, 0.2) is 36.4 Å². The topological polar surface area (TPSA) is 55.8 Å². The van der Waals surface area contributed by atoms with Gasteiger partial charge in [0.25, 0.3) is 0 Å². The van der Waals surface area contributed by atoms with Crippen molar-refractivity contribution in [2.24, 2.45) is 11.8 Å². The first kappa shape index (κ1) is 20.4. The second-order valence-electron chi connectivity index (χ2n) is 7.79. The Morgan fingerprint density at radius 3 is 1.89 bits per heavy atom. The van der Waals surface area contributed by atoms with E-state index in [0.29, 0.717) is 5.56 Å². The maximum Gasteiger partial charge on any atom is 0.150 e. The smallest absolute Gasteiger partial charge is 0.150 e. The third-order valence-corrected chi connectivity index (χ3v) is 5.39. The fraction of sp³-hybridized carbons (Fsp3) is 0.458. The summed E-state index contributed by atoms with van der Waals surface area (Å²) in [5.41, 5.74) is 4.09. The van der Waals surface area contributed by atoms with Crippen molar-refractivity contribution < 1.29 is 19.4 Å². The molecule has 4 nitrogen and oxygen atoms in total. The number of aliphatic hydroxyl groups excluding tert-OH is 1. The van der Waals surface area contributed by atoms with Crippen molar-refractivity contribution in [1.82, 2.24) is 0 Å². The Labute approximate surface area is 167 Å². The van der Waals surface area contributed by atoms with Gasteiger partial charge in [-0.3, -0.25) is 4.79 Å². The summed E-state index contributed by atoms with van der Waals surface area (Å²) in [4.78, 5) is 10.6. The molecular weight excluding hydrogens is 352 g/mol. The molecule has 0 aliphatic heterocycles. The van der Waals surface area contributed by atoms with Gasteiger partial charge in [-0.2, -0.15) is 0 Å². The van der Waals surface area contributed by atoms with Crippen LogP contribution < -0.4 is 9.47 Å². The molecule has 150 valence electrons. The van der Waals surface area contributed by atoms with Crippen molar-refractivity contribution in [3.8, 4) is 11.5 Å². The maximum atomic E-state index is 10.6. The minimum atomic E-state index is 0.0834. The molecule has 0 atom stereocenters. The minimum absolute atomic E-state index is 0.0834. The number of hydrogen-bond acceptors (Lipinski definition) is 4. The van der Waals surface area contributed by atoms with Crippen LogP contribution >= 0.6 is 0 Å². The molecule has 0 amide bonds. The number of aldehydes is 1. The summed E-state index contributed by atoms with van der Waals surface area (Å²) >= 11 is 0. The van der Waals surface area contributed by atoms with Crippen LogP contribution in [0.25, 0.3) is 0 Å². The molecule has 2 fully saturated rings. The number of benzene rings is 2. The standard InChI is InChI=1S/C12H16O2.C12H14O2/c2*1-14-12-7-10(8-13)4-5-11(12)6-9-2-3-9/h4-5,7,9,13H,2-3,6,8H2,1H3;4-5,7-9H,2-3,6H2,1H3. The normalized spacial score (nSPS) is 15.4. The number of ether oxygens (including phenoxy) is 2. The maximum absolute atomic E-state index is 10.6. The van der Waals surface area contributed by atoms with Gasteiger partial charge in [0.15, 0.2) is 0 Å². The number of aliphatic hydroxyl groups is 1. The van der Waals surface area contributed by atoms with Crippen LogP contribution in [0, 0.1) is 11.8 Å². The van der Waals surface area contributed by atoms with Gasteiger partial charge in [0.1, 0.15) is 17.8 Å². The Balaban J connectivity index is 0.000000161. The largest absolute Gasteiger partial charge is 0.496 e. The predicted octanol–water partition coefficient (Wildman–Crippen LogP) is 4.60. The van der Waals surface area contributed by atoms with Crippen molar-refractivity contribution in [2.75, 3.05) is 14.2 Å². The molecule has 0 saturated heterocycles. The van der Waals surface area contributed by atoms with E-state index in [-0.39, 0.29) is 6.61 Å².